The fourth-order valence-corrected chi connectivity index (χ4v) is 5.80. The number of β-lactam (4-membered cyclic amide) rings is 1. The summed E-state index contributed by atoms with van der Waals surface area (Å²) in [6, 6.07) is 19.3. The standard InChI is InChI=1S/C24H21N3O5S/c1-14(28)32-24(13-25,17-12-33-22-19(26)21(29)27(22)20(17)23(30)31)18(15-8-4-2-5-9-15)16-10-6-3-7-11-16/h2-11,18-19,22H,12,26H2,1H3,(H,30,31)/t19-,22+,24?/m0/s1. The molecule has 4 rings (SSSR count). The number of carbonyl (C=O) groups is 3. The number of nitrogens with two attached hydrogens (primary N) is 1. The van der Waals surface area contributed by atoms with Crippen LogP contribution in [0.2, 0.25) is 0 Å². The number of carboxylic acids is 1. The number of carbonyl (C=O) groups excluding carboxylic acids is 2. The molecule has 0 radical (unpaired) electrons. The summed E-state index contributed by atoms with van der Waals surface area (Å²) in [6.07, 6.45) is 0. The highest BCUT2D eigenvalue weighted by molar-refractivity contribution is 8.00. The number of benzene rings is 2. The van der Waals surface area contributed by atoms with Crippen molar-refractivity contribution in [2.45, 2.75) is 29.9 Å². The first-order valence-corrected chi connectivity index (χ1v) is 11.2. The molecule has 0 aliphatic carbocycles. The largest absolute Gasteiger partial charge is 0.477 e. The van der Waals surface area contributed by atoms with Crippen molar-refractivity contribution in [2.24, 2.45) is 5.73 Å². The molecule has 0 aromatic heterocycles. The van der Waals surface area contributed by atoms with Crippen molar-refractivity contribution in [1.29, 1.82) is 5.26 Å². The Kier molecular flexibility index (Phi) is 5.97. The molecule has 33 heavy (non-hydrogen) atoms. The van der Waals surface area contributed by atoms with Crippen LogP contribution in [0.25, 0.3) is 0 Å². The number of rotatable bonds is 6. The Bertz CT molecular complexity index is 1140. The van der Waals surface area contributed by atoms with Gasteiger partial charge in [0.2, 0.25) is 11.5 Å². The smallest absolute Gasteiger partial charge is 0.352 e. The first kappa shape index (κ1) is 22.6. The van der Waals surface area contributed by atoms with Crippen molar-refractivity contribution in [1.82, 2.24) is 4.90 Å². The van der Waals surface area contributed by atoms with E-state index in [2.05, 4.69) is 6.07 Å². The molecule has 3 atom stereocenters. The first-order chi connectivity index (χ1) is 15.8. The molecule has 1 fully saturated rings. The quantitative estimate of drug-likeness (QED) is 0.492. The Balaban J connectivity index is 2.03. The third-order valence-corrected chi connectivity index (χ3v) is 7.10. The minimum atomic E-state index is -2.01. The van der Waals surface area contributed by atoms with Crippen molar-refractivity contribution >= 4 is 29.6 Å². The highest BCUT2D eigenvalue weighted by Gasteiger charge is 2.58. The summed E-state index contributed by atoms with van der Waals surface area (Å²) in [5, 5.41) is 20.1. The summed E-state index contributed by atoms with van der Waals surface area (Å²) in [6.45, 7) is 1.17. The molecule has 3 N–H and O–H groups in total. The Hall–Kier alpha value is -3.61. The number of fused-ring (bicyclic) bond motifs is 1. The number of nitrogens with zero attached hydrogens (tertiary/aromatic N) is 2. The molecule has 0 spiro atoms. The molecule has 1 amide bonds. The van der Waals surface area contributed by atoms with Crippen LogP contribution in [-0.2, 0) is 19.1 Å². The van der Waals surface area contributed by atoms with Gasteiger partial charge >= 0.3 is 11.9 Å². The topological polar surface area (TPSA) is 134 Å². The maximum atomic E-state index is 12.5. The van der Waals surface area contributed by atoms with Gasteiger partial charge in [-0.05, 0) is 11.1 Å². The van der Waals surface area contributed by atoms with E-state index in [0.29, 0.717) is 11.1 Å². The molecule has 2 aliphatic rings. The summed E-state index contributed by atoms with van der Waals surface area (Å²) in [7, 11) is 0. The van der Waals surface area contributed by atoms with E-state index in [9.17, 15) is 24.8 Å². The van der Waals surface area contributed by atoms with Gasteiger partial charge in [0, 0.05) is 18.2 Å². The van der Waals surface area contributed by atoms with Crippen LogP contribution >= 0.6 is 11.8 Å². The number of ether oxygens (including phenoxy) is 1. The molecule has 1 saturated heterocycles. The highest BCUT2D eigenvalue weighted by atomic mass is 32.2. The Morgan fingerprint density at radius 2 is 1.73 bits per heavy atom. The SMILES string of the molecule is CC(=O)OC(C#N)(C1=C(C(=O)O)N2C(=O)[C@H](N)[C@H]2SC1)C(c1ccccc1)c1ccccc1. The van der Waals surface area contributed by atoms with E-state index in [4.69, 9.17) is 10.5 Å². The van der Waals surface area contributed by atoms with Gasteiger partial charge in [0.05, 0.1) is 5.92 Å². The third-order valence-electron chi connectivity index (χ3n) is 5.80. The first-order valence-electron chi connectivity index (χ1n) is 10.2. The van der Waals surface area contributed by atoms with E-state index in [0.717, 1.165) is 4.90 Å². The lowest BCUT2D eigenvalue weighted by atomic mass is 9.73. The lowest BCUT2D eigenvalue weighted by Gasteiger charge is -2.50. The zero-order valence-corrected chi connectivity index (χ0v) is 18.5. The normalized spacial score (nSPS) is 21.5. The molecular formula is C24H21N3O5S. The molecule has 2 aromatic carbocycles. The van der Waals surface area contributed by atoms with Crippen LogP contribution in [0.4, 0.5) is 0 Å². The van der Waals surface area contributed by atoms with Gasteiger partial charge in [0.15, 0.2) is 0 Å². The maximum Gasteiger partial charge on any atom is 0.352 e. The average molecular weight is 464 g/mol. The minimum Gasteiger partial charge on any atom is -0.477 e. The van der Waals surface area contributed by atoms with Gasteiger partial charge in [0.1, 0.15) is 23.2 Å². The summed E-state index contributed by atoms with van der Waals surface area (Å²) >= 11 is 1.25. The second kappa shape index (κ2) is 8.73. The average Bonchev–Trinajstić information content (AvgIpc) is 2.83. The van der Waals surface area contributed by atoms with Crippen LogP contribution in [-0.4, -0.2) is 50.6 Å². The molecule has 168 valence electrons. The van der Waals surface area contributed by atoms with Gasteiger partial charge in [-0.15, -0.1) is 11.8 Å². The lowest BCUT2D eigenvalue weighted by Crippen LogP contribution is -2.69. The van der Waals surface area contributed by atoms with Crippen LogP contribution in [0.3, 0.4) is 0 Å². The monoisotopic (exact) mass is 463 g/mol. The van der Waals surface area contributed by atoms with E-state index in [1.54, 1.807) is 48.5 Å². The molecule has 8 nitrogen and oxygen atoms in total. The highest BCUT2D eigenvalue weighted by Crippen LogP contribution is 2.49. The number of thioether (sulfide) groups is 1. The van der Waals surface area contributed by atoms with Gasteiger partial charge in [-0.3, -0.25) is 14.5 Å². The Labute approximate surface area is 194 Å². The number of hydrogen-bond donors (Lipinski definition) is 2. The molecule has 2 heterocycles. The van der Waals surface area contributed by atoms with Crippen molar-refractivity contribution in [3.63, 3.8) is 0 Å². The summed E-state index contributed by atoms with van der Waals surface area (Å²) in [5.74, 6) is -3.47. The predicted octanol–water partition coefficient (Wildman–Crippen LogP) is 2.23. The van der Waals surface area contributed by atoms with E-state index in [1.807, 2.05) is 12.1 Å². The third kappa shape index (κ3) is 3.67. The lowest BCUT2D eigenvalue weighted by molar-refractivity contribution is -0.152. The van der Waals surface area contributed by atoms with E-state index < -0.39 is 40.8 Å². The van der Waals surface area contributed by atoms with E-state index in [-0.39, 0.29) is 17.0 Å². The number of amides is 1. The minimum absolute atomic E-state index is 0.0481. The van der Waals surface area contributed by atoms with Gasteiger partial charge in [-0.2, -0.15) is 5.26 Å². The summed E-state index contributed by atoms with van der Waals surface area (Å²) in [5.41, 5.74) is 4.86. The van der Waals surface area contributed by atoms with Crippen LogP contribution in [0, 0.1) is 11.3 Å². The van der Waals surface area contributed by atoms with Gasteiger partial charge in [0.25, 0.3) is 0 Å². The van der Waals surface area contributed by atoms with Crippen molar-refractivity contribution in [2.75, 3.05) is 5.75 Å². The van der Waals surface area contributed by atoms with Crippen LogP contribution < -0.4 is 5.73 Å². The molecule has 0 bridgehead atoms. The summed E-state index contributed by atoms with van der Waals surface area (Å²) < 4.78 is 5.74. The second-order valence-electron chi connectivity index (χ2n) is 7.76. The second-order valence-corrected chi connectivity index (χ2v) is 8.87. The fourth-order valence-electron chi connectivity index (χ4n) is 4.43. The number of esters is 1. The molecule has 0 saturated carbocycles. The van der Waals surface area contributed by atoms with E-state index >= 15 is 0 Å². The zero-order chi connectivity index (χ0) is 23.8. The van der Waals surface area contributed by atoms with Crippen molar-refractivity contribution in [3.05, 3.63) is 83.1 Å². The number of hydrogen-bond acceptors (Lipinski definition) is 7. The van der Waals surface area contributed by atoms with Crippen molar-refractivity contribution < 1.29 is 24.2 Å². The van der Waals surface area contributed by atoms with Crippen LogP contribution in [0.1, 0.15) is 24.0 Å². The summed E-state index contributed by atoms with van der Waals surface area (Å²) in [4.78, 5) is 38.3. The Morgan fingerprint density at radius 1 is 1.18 bits per heavy atom. The fraction of sp³-hybridized carbons (Fsp3) is 0.250. The molecule has 2 aliphatic heterocycles. The van der Waals surface area contributed by atoms with Gasteiger partial charge in [-0.1, -0.05) is 60.7 Å². The number of nitriles is 1. The number of carboxylic acid groups (broad SMARTS) is 1. The van der Waals surface area contributed by atoms with Crippen molar-refractivity contribution in [3.8, 4) is 6.07 Å². The number of aliphatic carboxylic acids is 1. The zero-order valence-electron chi connectivity index (χ0n) is 17.7. The van der Waals surface area contributed by atoms with Crippen LogP contribution in [0.5, 0.6) is 0 Å². The maximum absolute atomic E-state index is 12.5. The molecular weight excluding hydrogens is 442 g/mol. The van der Waals surface area contributed by atoms with Gasteiger partial charge < -0.3 is 15.6 Å². The predicted molar refractivity (Wildman–Crippen MR) is 121 cm³/mol. The van der Waals surface area contributed by atoms with Crippen LogP contribution in [0.15, 0.2) is 71.9 Å². The van der Waals surface area contributed by atoms with Gasteiger partial charge in [-0.25, -0.2) is 4.79 Å². The van der Waals surface area contributed by atoms with E-state index in [1.165, 1.54) is 18.7 Å². The molecule has 2 aromatic rings. The molecule has 1 unspecified atom stereocenters. The molecule has 9 heteroatoms. The Morgan fingerprint density at radius 3 is 2.18 bits per heavy atom.